The molecule has 0 heterocycles. The van der Waals surface area contributed by atoms with E-state index in [1.165, 1.54) is 32.1 Å². The molecule has 1 rings (SSSR count). The molecule has 0 aromatic heterocycles. The van der Waals surface area contributed by atoms with Crippen molar-refractivity contribution in [2.45, 2.75) is 52.9 Å². The van der Waals surface area contributed by atoms with Gasteiger partial charge in [0.15, 0.2) is 0 Å². The van der Waals surface area contributed by atoms with Crippen molar-refractivity contribution in [3.05, 3.63) is 0 Å². The fourth-order valence-electron chi connectivity index (χ4n) is 1.33. The van der Waals surface area contributed by atoms with Gasteiger partial charge in [-0.2, -0.15) is 0 Å². The lowest BCUT2D eigenvalue weighted by Gasteiger charge is -2.17. The summed E-state index contributed by atoms with van der Waals surface area (Å²) in [6, 6.07) is 0. The minimum Gasteiger partial charge on any atom is -0.0602 e. The van der Waals surface area contributed by atoms with Crippen LogP contribution in [0.25, 0.3) is 0 Å². The van der Waals surface area contributed by atoms with E-state index in [1.54, 1.807) is 0 Å². The van der Waals surface area contributed by atoms with Crippen molar-refractivity contribution in [2.24, 2.45) is 11.3 Å². The SMILES string of the molecule is CC(C)(C)CCCC1CC1. The molecule has 1 saturated carbocycles. The normalized spacial score (nSPS) is 19.5. The predicted molar refractivity (Wildman–Crippen MR) is 46.0 cm³/mol. The van der Waals surface area contributed by atoms with Crippen LogP contribution in [0, 0.1) is 11.3 Å². The lowest BCUT2D eigenvalue weighted by molar-refractivity contribution is 0.356. The Kier molecular flexibility index (Phi) is 2.38. The summed E-state index contributed by atoms with van der Waals surface area (Å²) in [4.78, 5) is 0. The highest BCUT2D eigenvalue weighted by Crippen LogP contribution is 2.35. The highest BCUT2D eigenvalue weighted by Gasteiger charge is 2.21. The zero-order valence-electron chi connectivity index (χ0n) is 7.61. The minimum absolute atomic E-state index is 0.564. The Bertz CT molecular complexity index is 93.1. The topological polar surface area (TPSA) is 0 Å². The van der Waals surface area contributed by atoms with Crippen molar-refractivity contribution in [1.29, 1.82) is 0 Å². The molecule has 0 unspecified atom stereocenters. The third-order valence-electron chi connectivity index (χ3n) is 2.24. The molecule has 0 aromatic rings. The van der Waals surface area contributed by atoms with Gasteiger partial charge in [-0.25, -0.2) is 0 Å². The first-order chi connectivity index (χ1) is 4.58. The molecule has 0 aromatic carbocycles. The van der Waals surface area contributed by atoms with E-state index in [-0.39, 0.29) is 0 Å². The molecule has 0 saturated heterocycles. The van der Waals surface area contributed by atoms with Crippen molar-refractivity contribution in [3.8, 4) is 0 Å². The Labute approximate surface area is 65.0 Å². The van der Waals surface area contributed by atoms with E-state index < -0.39 is 0 Å². The van der Waals surface area contributed by atoms with E-state index in [4.69, 9.17) is 0 Å². The van der Waals surface area contributed by atoms with E-state index in [0.29, 0.717) is 5.41 Å². The Morgan fingerprint density at radius 3 is 2.20 bits per heavy atom. The van der Waals surface area contributed by atoms with E-state index in [2.05, 4.69) is 20.8 Å². The molecule has 0 atom stereocenters. The van der Waals surface area contributed by atoms with Gasteiger partial charge in [0.05, 0.1) is 0 Å². The Hall–Kier alpha value is 0. The first kappa shape index (κ1) is 8.10. The molecule has 10 heavy (non-hydrogen) atoms. The van der Waals surface area contributed by atoms with Gasteiger partial charge in [0, 0.05) is 0 Å². The number of hydrogen-bond acceptors (Lipinski definition) is 0. The predicted octanol–water partition coefficient (Wildman–Crippen LogP) is 3.61. The molecule has 0 aliphatic heterocycles. The van der Waals surface area contributed by atoms with Gasteiger partial charge in [0.1, 0.15) is 0 Å². The van der Waals surface area contributed by atoms with Crippen molar-refractivity contribution in [1.82, 2.24) is 0 Å². The van der Waals surface area contributed by atoms with E-state index in [9.17, 15) is 0 Å². The van der Waals surface area contributed by atoms with Crippen LogP contribution in [-0.2, 0) is 0 Å². The molecule has 0 heteroatoms. The van der Waals surface area contributed by atoms with Crippen LogP contribution >= 0.6 is 0 Å². The van der Waals surface area contributed by atoms with Crippen LogP contribution in [0.1, 0.15) is 52.9 Å². The molecule has 0 nitrogen and oxygen atoms in total. The molecule has 1 aliphatic rings. The molecule has 1 aliphatic carbocycles. The van der Waals surface area contributed by atoms with Gasteiger partial charge >= 0.3 is 0 Å². The lowest BCUT2D eigenvalue weighted by atomic mass is 9.89. The summed E-state index contributed by atoms with van der Waals surface area (Å²) in [5, 5.41) is 0. The summed E-state index contributed by atoms with van der Waals surface area (Å²) in [6.45, 7) is 7.00. The first-order valence-corrected chi connectivity index (χ1v) is 4.58. The molecule has 60 valence electrons. The molecular weight excluding hydrogens is 120 g/mol. The second kappa shape index (κ2) is 2.94. The first-order valence-electron chi connectivity index (χ1n) is 4.58. The van der Waals surface area contributed by atoms with Crippen LogP contribution in [-0.4, -0.2) is 0 Å². The highest BCUT2D eigenvalue weighted by molar-refractivity contribution is 4.73. The largest absolute Gasteiger partial charge is 0.0602 e. The van der Waals surface area contributed by atoms with Gasteiger partial charge in [0.2, 0.25) is 0 Å². The Morgan fingerprint density at radius 2 is 1.80 bits per heavy atom. The molecule has 0 spiro atoms. The van der Waals surface area contributed by atoms with Crippen LogP contribution in [0.5, 0.6) is 0 Å². The minimum atomic E-state index is 0.564. The molecular formula is C10H20. The fourth-order valence-corrected chi connectivity index (χ4v) is 1.33. The molecule has 0 radical (unpaired) electrons. The standard InChI is InChI=1S/C10H20/c1-10(2,3)8-4-5-9-6-7-9/h9H,4-8H2,1-3H3. The zero-order chi connectivity index (χ0) is 7.61. The van der Waals surface area contributed by atoms with Crippen LogP contribution < -0.4 is 0 Å². The van der Waals surface area contributed by atoms with Crippen LogP contribution in [0.2, 0.25) is 0 Å². The van der Waals surface area contributed by atoms with Gasteiger partial charge < -0.3 is 0 Å². The van der Waals surface area contributed by atoms with Gasteiger partial charge in [-0.1, -0.05) is 46.5 Å². The second-order valence-electron chi connectivity index (χ2n) is 4.90. The average Bonchev–Trinajstić information content (AvgIpc) is 2.45. The quantitative estimate of drug-likeness (QED) is 0.561. The summed E-state index contributed by atoms with van der Waals surface area (Å²) in [6.07, 6.45) is 7.39. The summed E-state index contributed by atoms with van der Waals surface area (Å²) >= 11 is 0. The van der Waals surface area contributed by atoms with Gasteiger partial charge in [-0.15, -0.1) is 0 Å². The second-order valence-corrected chi connectivity index (χ2v) is 4.90. The van der Waals surface area contributed by atoms with Gasteiger partial charge in [-0.05, 0) is 17.8 Å². The maximum absolute atomic E-state index is 2.33. The molecule has 0 amide bonds. The monoisotopic (exact) mass is 140 g/mol. The number of hydrogen-bond donors (Lipinski definition) is 0. The van der Waals surface area contributed by atoms with Crippen molar-refractivity contribution >= 4 is 0 Å². The lowest BCUT2D eigenvalue weighted by Crippen LogP contribution is -2.03. The summed E-state index contributed by atoms with van der Waals surface area (Å²) < 4.78 is 0. The fraction of sp³-hybridized carbons (Fsp3) is 1.00. The van der Waals surface area contributed by atoms with Gasteiger partial charge in [0.25, 0.3) is 0 Å². The van der Waals surface area contributed by atoms with Crippen LogP contribution in [0.4, 0.5) is 0 Å². The third-order valence-corrected chi connectivity index (χ3v) is 2.24. The molecule has 0 bridgehead atoms. The van der Waals surface area contributed by atoms with E-state index in [1.807, 2.05) is 0 Å². The Morgan fingerprint density at radius 1 is 1.20 bits per heavy atom. The molecule has 1 fully saturated rings. The molecule has 0 N–H and O–H groups in total. The summed E-state index contributed by atoms with van der Waals surface area (Å²) in [5.74, 6) is 1.13. The smallest absolute Gasteiger partial charge is 0.0383 e. The van der Waals surface area contributed by atoms with E-state index >= 15 is 0 Å². The van der Waals surface area contributed by atoms with Crippen LogP contribution in [0.15, 0.2) is 0 Å². The maximum Gasteiger partial charge on any atom is -0.0383 e. The Balaban J connectivity index is 1.93. The number of rotatable bonds is 3. The third kappa shape index (κ3) is 3.92. The van der Waals surface area contributed by atoms with Crippen molar-refractivity contribution < 1.29 is 0 Å². The highest BCUT2D eigenvalue weighted by atomic mass is 14.3. The average molecular weight is 140 g/mol. The van der Waals surface area contributed by atoms with Crippen molar-refractivity contribution in [3.63, 3.8) is 0 Å². The summed E-state index contributed by atoms with van der Waals surface area (Å²) in [7, 11) is 0. The van der Waals surface area contributed by atoms with E-state index in [0.717, 1.165) is 5.92 Å². The maximum atomic E-state index is 2.33. The van der Waals surface area contributed by atoms with Gasteiger partial charge in [-0.3, -0.25) is 0 Å². The zero-order valence-corrected chi connectivity index (χ0v) is 7.61. The summed E-state index contributed by atoms with van der Waals surface area (Å²) in [5.41, 5.74) is 0.564. The van der Waals surface area contributed by atoms with Crippen LogP contribution in [0.3, 0.4) is 0 Å². The van der Waals surface area contributed by atoms with Crippen molar-refractivity contribution in [2.75, 3.05) is 0 Å².